The summed E-state index contributed by atoms with van der Waals surface area (Å²) >= 11 is 0. The fraction of sp³-hybridized carbons (Fsp3) is 0. The van der Waals surface area contributed by atoms with Crippen LogP contribution in [0, 0.1) is 0 Å². The topological polar surface area (TPSA) is 51.2 Å². The van der Waals surface area contributed by atoms with E-state index in [4.69, 9.17) is 10.7 Å². The molecule has 0 saturated carbocycles. The molecule has 0 spiro atoms. The maximum atomic E-state index is 11.8. The van der Waals surface area contributed by atoms with Crippen molar-refractivity contribution in [2.75, 3.05) is 0 Å². The second kappa shape index (κ2) is 6.03. The molecule has 0 aromatic heterocycles. The fourth-order valence-corrected chi connectivity index (χ4v) is 2.38. The molecule has 0 N–H and O–H groups in total. The van der Waals surface area contributed by atoms with Crippen LogP contribution >= 0.6 is 10.7 Å². The highest BCUT2D eigenvalue weighted by Crippen LogP contribution is 2.16. The van der Waals surface area contributed by atoms with E-state index in [0.717, 1.165) is 5.56 Å². The lowest BCUT2D eigenvalue weighted by Crippen LogP contribution is -1.93. The van der Waals surface area contributed by atoms with Crippen molar-refractivity contribution >= 4 is 31.6 Å². The minimum atomic E-state index is -3.71. The van der Waals surface area contributed by atoms with Gasteiger partial charge in [-0.1, -0.05) is 48.5 Å². The molecule has 0 atom stereocenters. The fourth-order valence-electron chi connectivity index (χ4n) is 1.61. The molecule has 0 aliphatic heterocycles. The predicted molar refractivity (Wildman–Crippen MR) is 79.3 cm³/mol. The summed E-state index contributed by atoms with van der Waals surface area (Å²) in [6.07, 6.45) is 3.07. The molecule has 0 aliphatic carbocycles. The summed E-state index contributed by atoms with van der Waals surface area (Å²) in [6, 6.07) is 14.9. The van der Waals surface area contributed by atoms with Crippen molar-refractivity contribution < 1.29 is 13.2 Å². The van der Waals surface area contributed by atoms with Gasteiger partial charge in [-0.25, -0.2) is 8.42 Å². The Balaban J connectivity index is 2.15. The molecule has 0 amide bonds. The number of allylic oxidation sites excluding steroid dienone is 1. The van der Waals surface area contributed by atoms with Crippen LogP contribution in [0.4, 0.5) is 0 Å². The van der Waals surface area contributed by atoms with E-state index in [0.29, 0.717) is 5.56 Å². The van der Waals surface area contributed by atoms with Crippen LogP contribution in [0.3, 0.4) is 0 Å². The van der Waals surface area contributed by atoms with E-state index in [-0.39, 0.29) is 10.7 Å². The number of carbonyl (C=O) groups excluding carboxylic acids is 1. The van der Waals surface area contributed by atoms with Gasteiger partial charge in [-0.15, -0.1) is 0 Å². The van der Waals surface area contributed by atoms with Gasteiger partial charge in [-0.05, 0) is 23.8 Å². The van der Waals surface area contributed by atoms with Crippen LogP contribution in [0.15, 0.2) is 65.6 Å². The Morgan fingerprint density at radius 2 is 1.55 bits per heavy atom. The number of halogens is 1. The highest BCUT2D eigenvalue weighted by molar-refractivity contribution is 8.13. The molecular weight excluding hydrogens is 296 g/mol. The first-order chi connectivity index (χ1) is 9.47. The van der Waals surface area contributed by atoms with Crippen LogP contribution in [0.5, 0.6) is 0 Å². The quantitative estimate of drug-likeness (QED) is 0.493. The normalized spacial score (nSPS) is 11.7. The number of benzene rings is 2. The van der Waals surface area contributed by atoms with Crippen molar-refractivity contribution in [1.29, 1.82) is 0 Å². The van der Waals surface area contributed by atoms with Gasteiger partial charge >= 0.3 is 0 Å². The van der Waals surface area contributed by atoms with Gasteiger partial charge in [0.15, 0.2) is 5.78 Å². The second-order valence-corrected chi connectivity index (χ2v) is 6.64. The van der Waals surface area contributed by atoms with Gasteiger partial charge in [0.2, 0.25) is 0 Å². The van der Waals surface area contributed by atoms with Crippen molar-refractivity contribution in [1.82, 2.24) is 0 Å². The van der Waals surface area contributed by atoms with Crippen LogP contribution in [-0.4, -0.2) is 14.2 Å². The van der Waals surface area contributed by atoms with E-state index >= 15 is 0 Å². The third-order valence-electron chi connectivity index (χ3n) is 2.65. The molecule has 2 aromatic rings. The number of carbonyl (C=O) groups is 1. The van der Waals surface area contributed by atoms with Crippen LogP contribution < -0.4 is 0 Å². The molecule has 0 saturated heterocycles. The van der Waals surface area contributed by atoms with Crippen LogP contribution in [-0.2, 0) is 9.05 Å². The lowest BCUT2D eigenvalue weighted by molar-refractivity contribution is 0.104. The minimum absolute atomic E-state index is 0.0331. The first kappa shape index (κ1) is 14.5. The lowest BCUT2D eigenvalue weighted by Gasteiger charge is -1.97. The molecule has 2 rings (SSSR count). The Bertz CT molecular complexity index is 732. The summed E-state index contributed by atoms with van der Waals surface area (Å²) in [5, 5.41) is 0. The van der Waals surface area contributed by atoms with E-state index in [2.05, 4.69) is 0 Å². The van der Waals surface area contributed by atoms with Crippen molar-refractivity contribution in [2.45, 2.75) is 4.90 Å². The predicted octanol–water partition coefficient (Wildman–Crippen LogP) is 3.51. The monoisotopic (exact) mass is 306 g/mol. The molecule has 102 valence electrons. The van der Waals surface area contributed by atoms with Crippen molar-refractivity contribution in [3.63, 3.8) is 0 Å². The van der Waals surface area contributed by atoms with Crippen LogP contribution in [0.25, 0.3) is 6.08 Å². The number of hydrogen-bond donors (Lipinski definition) is 0. The van der Waals surface area contributed by atoms with E-state index in [1.165, 1.54) is 18.2 Å². The number of ketones is 1. The molecule has 0 heterocycles. The highest BCUT2D eigenvalue weighted by Gasteiger charge is 2.08. The van der Waals surface area contributed by atoms with Gasteiger partial charge < -0.3 is 0 Å². The first-order valence-electron chi connectivity index (χ1n) is 5.79. The highest BCUT2D eigenvalue weighted by atomic mass is 35.7. The Kier molecular flexibility index (Phi) is 4.37. The van der Waals surface area contributed by atoms with Crippen molar-refractivity contribution in [2.24, 2.45) is 0 Å². The maximum Gasteiger partial charge on any atom is 0.261 e. The molecular formula is C15H11ClO3S. The zero-order valence-corrected chi connectivity index (χ0v) is 11.9. The van der Waals surface area contributed by atoms with Gasteiger partial charge in [0.05, 0.1) is 4.90 Å². The summed E-state index contributed by atoms with van der Waals surface area (Å²) in [4.78, 5) is 11.9. The van der Waals surface area contributed by atoms with Crippen molar-refractivity contribution in [3.8, 4) is 0 Å². The third kappa shape index (κ3) is 3.79. The van der Waals surface area contributed by atoms with Gasteiger partial charge in [0, 0.05) is 16.2 Å². The Morgan fingerprint density at radius 3 is 2.10 bits per heavy atom. The average molecular weight is 307 g/mol. The number of hydrogen-bond acceptors (Lipinski definition) is 3. The molecule has 0 aliphatic rings. The summed E-state index contributed by atoms with van der Waals surface area (Å²) < 4.78 is 22.2. The molecule has 0 radical (unpaired) electrons. The second-order valence-electron chi connectivity index (χ2n) is 4.07. The van der Waals surface area contributed by atoms with Gasteiger partial charge in [0.1, 0.15) is 0 Å². The van der Waals surface area contributed by atoms with Crippen LogP contribution in [0.1, 0.15) is 15.9 Å². The summed E-state index contributed by atoms with van der Waals surface area (Å²) in [7, 11) is 1.51. The van der Waals surface area contributed by atoms with Gasteiger partial charge in [-0.2, -0.15) is 0 Å². The largest absolute Gasteiger partial charge is 0.289 e. The van der Waals surface area contributed by atoms with E-state index in [1.807, 2.05) is 6.07 Å². The molecule has 0 bridgehead atoms. The molecule has 0 fully saturated rings. The zero-order valence-electron chi connectivity index (χ0n) is 10.4. The maximum absolute atomic E-state index is 11.8. The van der Waals surface area contributed by atoms with E-state index < -0.39 is 9.05 Å². The SMILES string of the molecule is O=C(C=Cc1ccc(S(=O)(=O)Cl)cc1)c1ccccc1. The average Bonchev–Trinajstić information content (AvgIpc) is 2.45. The molecule has 5 heteroatoms. The van der Waals surface area contributed by atoms with Gasteiger partial charge in [-0.3, -0.25) is 4.79 Å². The Labute approximate surface area is 121 Å². The molecule has 0 unspecified atom stereocenters. The zero-order chi connectivity index (χ0) is 14.6. The van der Waals surface area contributed by atoms with Crippen LogP contribution in [0.2, 0.25) is 0 Å². The smallest absolute Gasteiger partial charge is 0.261 e. The Hall–Kier alpha value is -1.91. The molecule has 3 nitrogen and oxygen atoms in total. The van der Waals surface area contributed by atoms with Gasteiger partial charge in [0.25, 0.3) is 9.05 Å². The molecule has 20 heavy (non-hydrogen) atoms. The molecule has 2 aromatic carbocycles. The van der Waals surface area contributed by atoms with Crippen molar-refractivity contribution in [3.05, 3.63) is 71.8 Å². The summed E-state index contributed by atoms with van der Waals surface area (Å²) in [5.74, 6) is -0.111. The number of rotatable bonds is 4. The first-order valence-corrected chi connectivity index (χ1v) is 8.10. The van der Waals surface area contributed by atoms with E-state index in [1.54, 1.807) is 42.5 Å². The third-order valence-corrected chi connectivity index (χ3v) is 4.02. The minimum Gasteiger partial charge on any atom is -0.289 e. The summed E-state index contributed by atoms with van der Waals surface area (Å²) in [6.45, 7) is 0. The summed E-state index contributed by atoms with van der Waals surface area (Å²) in [5.41, 5.74) is 1.32. The van der Waals surface area contributed by atoms with E-state index in [9.17, 15) is 13.2 Å². The lowest BCUT2D eigenvalue weighted by atomic mass is 10.1. The Morgan fingerprint density at radius 1 is 0.950 bits per heavy atom. The standard InChI is InChI=1S/C15H11ClO3S/c16-20(18,19)14-9-6-12(7-10-14)8-11-15(17)13-4-2-1-3-5-13/h1-11H.